The van der Waals surface area contributed by atoms with Crippen LogP contribution in [0.1, 0.15) is 15.9 Å². The van der Waals surface area contributed by atoms with Crippen LogP contribution in [0.2, 0.25) is 5.02 Å². The topological polar surface area (TPSA) is 46.9 Å². The molecule has 0 aliphatic heterocycles. The molecule has 1 heterocycles. The van der Waals surface area contributed by atoms with Gasteiger partial charge in [0.2, 0.25) is 0 Å². The minimum atomic E-state index is -0.191. The first-order chi connectivity index (χ1) is 8.08. The van der Waals surface area contributed by atoms with Gasteiger partial charge in [0.25, 0.3) is 5.91 Å². The largest absolute Gasteiger partial charge is 0.322 e. The van der Waals surface area contributed by atoms with Crippen LogP contribution in [0.3, 0.4) is 0 Å². The van der Waals surface area contributed by atoms with Crippen LogP contribution in [0.15, 0.2) is 30.6 Å². The van der Waals surface area contributed by atoms with Crippen LogP contribution < -0.4 is 5.32 Å². The van der Waals surface area contributed by atoms with Gasteiger partial charge >= 0.3 is 0 Å². The lowest BCUT2D eigenvalue weighted by Gasteiger charge is -2.08. The van der Waals surface area contributed by atoms with E-state index < -0.39 is 0 Å². The van der Waals surface area contributed by atoms with Crippen LogP contribution in [-0.4, -0.2) is 15.7 Å². The molecule has 1 N–H and O–H groups in total. The van der Waals surface area contributed by atoms with Crippen LogP contribution in [-0.2, 0) is 7.05 Å². The van der Waals surface area contributed by atoms with E-state index in [2.05, 4.69) is 10.4 Å². The van der Waals surface area contributed by atoms with Gasteiger partial charge in [-0.3, -0.25) is 9.48 Å². The molecule has 0 saturated carbocycles. The van der Waals surface area contributed by atoms with Gasteiger partial charge in [-0.25, -0.2) is 0 Å². The Bertz CT molecular complexity index is 563. The van der Waals surface area contributed by atoms with Gasteiger partial charge in [0.05, 0.1) is 11.8 Å². The first kappa shape index (κ1) is 11.7. The van der Waals surface area contributed by atoms with E-state index in [1.807, 2.05) is 13.0 Å². The normalized spacial score (nSPS) is 10.3. The fraction of sp³-hybridized carbons (Fsp3) is 0.167. The van der Waals surface area contributed by atoms with Crippen LogP contribution in [0, 0.1) is 6.92 Å². The first-order valence-corrected chi connectivity index (χ1v) is 5.51. The Balaban J connectivity index is 2.21. The molecule has 0 unspecified atom stereocenters. The molecule has 0 saturated heterocycles. The fourth-order valence-electron chi connectivity index (χ4n) is 1.48. The SMILES string of the molecule is Cc1c(Cl)cccc1NC(=O)c1cnn(C)c1. The molecule has 0 atom stereocenters. The summed E-state index contributed by atoms with van der Waals surface area (Å²) in [6.07, 6.45) is 3.18. The highest BCUT2D eigenvalue weighted by Gasteiger charge is 2.10. The number of hydrogen-bond acceptors (Lipinski definition) is 2. The third-order valence-corrected chi connectivity index (χ3v) is 2.89. The van der Waals surface area contributed by atoms with Gasteiger partial charge < -0.3 is 5.32 Å². The Morgan fingerprint density at radius 2 is 2.24 bits per heavy atom. The van der Waals surface area contributed by atoms with Crippen molar-refractivity contribution in [3.8, 4) is 0 Å². The Labute approximate surface area is 104 Å². The third-order valence-electron chi connectivity index (χ3n) is 2.48. The van der Waals surface area contributed by atoms with Gasteiger partial charge in [-0.15, -0.1) is 0 Å². The number of nitrogens with one attached hydrogen (secondary N) is 1. The van der Waals surface area contributed by atoms with Crippen molar-refractivity contribution in [2.45, 2.75) is 6.92 Å². The summed E-state index contributed by atoms with van der Waals surface area (Å²) in [6.45, 7) is 1.86. The quantitative estimate of drug-likeness (QED) is 0.889. The van der Waals surface area contributed by atoms with E-state index in [-0.39, 0.29) is 5.91 Å². The molecule has 0 aliphatic rings. The summed E-state index contributed by atoms with van der Waals surface area (Å²) in [7, 11) is 1.77. The second kappa shape index (κ2) is 4.59. The predicted octanol–water partition coefficient (Wildman–Crippen LogP) is 2.63. The molecular formula is C12H12ClN3O. The van der Waals surface area contributed by atoms with Crippen molar-refractivity contribution in [3.05, 3.63) is 46.7 Å². The molecular weight excluding hydrogens is 238 g/mol. The average Bonchev–Trinajstić information content (AvgIpc) is 2.72. The standard InChI is InChI=1S/C12H12ClN3O/c1-8-10(13)4-3-5-11(8)15-12(17)9-6-14-16(2)7-9/h3-7H,1-2H3,(H,15,17). The van der Waals surface area contributed by atoms with Gasteiger partial charge in [-0.2, -0.15) is 5.10 Å². The molecule has 1 aromatic carbocycles. The number of carbonyl (C=O) groups is 1. The zero-order chi connectivity index (χ0) is 12.4. The minimum Gasteiger partial charge on any atom is -0.322 e. The summed E-state index contributed by atoms with van der Waals surface area (Å²) in [5.41, 5.74) is 2.09. The van der Waals surface area contributed by atoms with Gasteiger partial charge in [0, 0.05) is 24.0 Å². The summed E-state index contributed by atoms with van der Waals surface area (Å²) in [5.74, 6) is -0.191. The number of rotatable bonds is 2. The maximum absolute atomic E-state index is 11.9. The third kappa shape index (κ3) is 2.47. The Kier molecular flexibility index (Phi) is 3.15. The van der Waals surface area contributed by atoms with E-state index in [1.54, 1.807) is 30.1 Å². The zero-order valence-corrected chi connectivity index (χ0v) is 10.3. The summed E-state index contributed by atoms with van der Waals surface area (Å²) >= 11 is 5.98. The molecule has 0 bridgehead atoms. The van der Waals surface area contributed by atoms with E-state index in [4.69, 9.17) is 11.6 Å². The van der Waals surface area contributed by atoms with Crippen molar-refractivity contribution in [1.82, 2.24) is 9.78 Å². The summed E-state index contributed by atoms with van der Waals surface area (Å²) in [4.78, 5) is 11.9. The van der Waals surface area contributed by atoms with E-state index in [0.29, 0.717) is 16.3 Å². The molecule has 0 aliphatic carbocycles. The lowest BCUT2D eigenvalue weighted by Crippen LogP contribution is -2.12. The molecule has 88 valence electrons. The zero-order valence-electron chi connectivity index (χ0n) is 9.57. The van der Waals surface area contributed by atoms with E-state index in [0.717, 1.165) is 5.56 Å². The number of nitrogens with zero attached hydrogens (tertiary/aromatic N) is 2. The van der Waals surface area contributed by atoms with Crippen molar-refractivity contribution in [2.75, 3.05) is 5.32 Å². The smallest absolute Gasteiger partial charge is 0.258 e. The van der Waals surface area contributed by atoms with Gasteiger partial charge in [0.15, 0.2) is 0 Å². The molecule has 0 spiro atoms. The van der Waals surface area contributed by atoms with Gasteiger partial charge in [0.1, 0.15) is 0 Å². The van der Waals surface area contributed by atoms with Crippen molar-refractivity contribution in [2.24, 2.45) is 7.05 Å². The Hall–Kier alpha value is -1.81. The number of amides is 1. The van der Waals surface area contributed by atoms with Gasteiger partial charge in [-0.1, -0.05) is 17.7 Å². The summed E-state index contributed by atoms with van der Waals surface area (Å²) in [5, 5.41) is 7.39. The molecule has 2 rings (SSSR count). The van der Waals surface area contributed by atoms with E-state index in [9.17, 15) is 4.79 Å². The summed E-state index contributed by atoms with van der Waals surface area (Å²) < 4.78 is 1.58. The van der Waals surface area contributed by atoms with Crippen molar-refractivity contribution >= 4 is 23.2 Å². The first-order valence-electron chi connectivity index (χ1n) is 5.13. The monoisotopic (exact) mass is 249 g/mol. The molecule has 17 heavy (non-hydrogen) atoms. The maximum Gasteiger partial charge on any atom is 0.258 e. The highest BCUT2D eigenvalue weighted by Crippen LogP contribution is 2.23. The number of hydrogen-bond donors (Lipinski definition) is 1. The number of anilines is 1. The highest BCUT2D eigenvalue weighted by atomic mass is 35.5. The predicted molar refractivity (Wildman–Crippen MR) is 67.4 cm³/mol. The second-order valence-electron chi connectivity index (χ2n) is 3.77. The Morgan fingerprint density at radius 1 is 1.47 bits per heavy atom. The highest BCUT2D eigenvalue weighted by molar-refractivity contribution is 6.31. The van der Waals surface area contributed by atoms with Crippen molar-refractivity contribution < 1.29 is 4.79 Å². The summed E-state index contributed by atoms with van der Waals surface area (Å²) in [6, 6.07) is 5.40. The molecule has 5 heteroatoms. The number of halogens is 1. The maximum atomic E-state index is 11.9. The second-order valence-corrected chi connectivity index (χ2v) is 4.18. The average molecular weight is 250 g/mol. The number of aryl methyl sites for hydroxylation is 1. The minimum absolute atomic E-state index is 0.191. The van der Waals surface area contributed by atoms with Crippen molar-refractivity contribution in [3.63, 3.8) is 0 Å². The van der Waals surface area contributed by atoms with Crippen LogP contribution >= 0.6 is 11.6 Å². The van der Waals surface area contributed by atoms with Crippen molar-refractivity contribution in [1.29, 1.82) is 0 Å². The molecule has 0 fully saturated rings. The molecule has 0 radical (unpaired) electrons. The van der Waals surface area contributed by atoms with Gasteiger partial charge in [-0.05, 0) is 24.6 Å². The van der Waals surface area contributed by atoms with Crippen LogP contribution in [0.5, 0.6) is 0 Å². The Morgan fingerprint density at radius 3 is 2.88 bits per heavy atom. The fourth-order valence-corrected chi connectivity index (χ4v) is 1.65. The number of carbonyl (C=O) groups excluding carboxylic acids is 1. The molecule has 2 aromatic rings. The number of aromatic nitrogens is 2. The molecule has 1 amide bonds. The molecule has 1 aromatic heterocycles. The van der Waals surface area contributed by atoms with E-state index >= 15 is 0 Å². The lowest BCUT2D eigenvalue weighted by atomic mass is 10.2. The van der Waals surface area contributed by atoms with Crippen LogP contribution in [0.25, 0.3) is 0 Å². The lowest BCUT2D eigenvalue weighted by molar-refractivity contribution is 0.102. The van der Waals surface area contributed by atoms with E-state index in [1.165, 1.54) is 6.20 Å². The van der Waals surface area contributed by atoms with Crippen LogP contribution in [0.4, 0.5) is 5.69 Å². The molecule has 4 nitrogen and oxygen atoms in total. The number of benzene rings is 1.